The van der Waals surface area contributed by atoms with E-state index in [4.69, 9.17) is 5.26 Å². The summed E-state index contributed by atoms with van der Waals surface area (Å²) in [5, 5.41) is 11.6. The molecule has 0 spiro atoms. The minimum Gasteiger partial charge on any atom is -0.380 e. The molecular weight excluding hydrogens is 253 g/mol. The molecule has 0 heterocycles. The van der Waals surface area contributed by atoms with Gasteiger partial charge in [-0.15, -0.1) is 0 Å². The number of nitrogens with zero attached hydrogens (tertiary/aromatic N) is 1. The number of nitriles is 1. The van der Waals surface area contributed by atoms with Crippen LogP contribution >= 0.6 is 0 Å². The molecule has 0 unspecified atom stereocenters. The number of halogens is 3. The molecule has 0 amide bonds. The van der Waals surface area contributed by atoms with Crippen molar-refractivity contribution in [1.82, 2.24) is 0 Å². The summed E-state index contributed by atoms with van der Waals surface area (Å²) in [5.74, 6) is -2.01. The maximum Gasteiger partial charge on any atom is 0.143 e. The SMILES string of the molecule is N#Cc1c(F)cccc1NCc1cc(F)cc(F)c1. The van der Waals surface area contributed by atoms with Gasteiger partial charge in [0, 0.05) is 12.6 Å². The van der Waals surface area contributed by atoms with Crippen molar-refractivity contribution in [2.24, 2.45) is 0 Å². The summed E-state index contributed by atoms with van der Waals surface area (Å²) in [6.45, 7) is 0.0901. The highest BCUT2D eigenvalue weighted by Crippen LogP contribution is 2.19. The Balaban J connectivity index is 2.19. The van der Waals surface area contributed by atoms with Crippen LogP contribution in [0.4, 0.5) is 18.9 Å². The first kappa shape index (κ1) is 13.0. The van der Waals surface area contributed by atoms with Crippen molar-refractivity contribution in [3.63, 3.8) is 0 Å². The molecule has 0 aliphatic heterocycles. The highest BCUT2D eigenvalue weighted by Gasteiger charge is 2.07. The lowest BCUT2D eigenvalue weighted by atomic mass is 10.1. The molecule has 1 N–H and O–H groups in total. The third kappa shape index (κ3) is 3.05. The van der Waals surface area contributed by atoms with Crippen molar-refractivity contribution in [3.8, 4) is 6.07 Å². The zero-order chi connectivity index (χ0) is 13.8. The van der Waals surface area contributed by atoms with Gasteiger partial charge in [0.2, 0.25) is 0 Å². The van der Waals surface area contributed by atoms with E-state index in [0.29, 0.717) is 5.56 Å². The Morgan fingerprint density at radius 2 is 1.74 bits per heavy atom. The van der Waals surface area contributed by atoms with Crippen LogP contribution in [0.15, 0.2) is 36.4 Å². The van der Waals surface area contributed by atoms with E-state index in [2.05, 4.69) is 5.32 Å². The Morgan fingerprint density at radius 1 is 1.05 bits per heavy atom. The van der Waals surface area contributed by atoms with Gasteiger partial charge >= 0.3 is 0 Å². The number of benzene rings is 2. The molecule has 0 aliphatic carbocycles. The van der Waals surface area contributed by atoms with Gasteiger partial charge in [-0.05, 0) is 29.8 Å². The molecule has 96 valence electrons. The number of anilines is 1. The van der Waals surface area contributed by atoms with Crippen LogP contribution in [-0.2, 0) is 6.54 Å². The first-order chi connectivity index (χ1) is 9.10. The maximum atomic E-state index is 13.3. The normalized spacial score (nSPS) is 10.0. The van der Waals surface area contributed by atoms with Crippen LogP contribution in [0.1, 0.15) is 11.1 Å². The number of hydrogen-bond donors (Lipinski definition) is 1. The number of rotatable bonds is 3. The minimum absolute atomic E-state index is 0.0901. The number of hydrogen-bond acceptors (Lipinski definition) is 2. The van der Waals surface area contributed by atoms with Crippen molar-refractivity contribution in [3.05, 3.63) is 65.0 Å². The largest absolute Gasteiger partial charge is 0.380 e. The molecule has 2 aromatic carbocycles. The van der Waals surface area contributed by atoms with Crippen molar-refractivity contribution < 1.29 is 13.2 Å². The standard InChI is InChI=1S/C14H9F3N2/c15-10-4-9(5-11(16)6-10)8-19-14-3-1-2-13(17)12(14)7-18/h1-6,19H,8H2. The Morgan fingerprint density at radius 3 is 2.37 bits per heavy atom. The lowest BCUT2D eigenvalue weighted by Gasteiger charge is -2.09. The Hall–Kier alpha value is -2.48. The molecule has 0 saturated heterocycles. The summed E-state index contributed by atoms with van der Waals surface area (Å²) in [6.07, 6.45) is 0. The van der Waals surface area contributed by atoms with Crippen molar-refractivity contribution in [2.75, 3.05) is 5.32 Å². The molecule has 19 heavy (non-hydrogen) atoms. The molecule has 5 heteroatoms. The molecule has 0 bridgehead atoms. The average Bonchev–Trinajstić information content (AvgIpc) is 2.35. The van der Waals surface area contributed by atoms with Crippen LogP contribution in [0, 0.1) is 28.8 Å². The second-order valence-electron chi connectivity index (χ2n) is 3.91. The zero-order valence-electron chi connectivity index (χ0n) is 9.75. The Bertz CT molecular complexity index is 627. The minimum atomic E-state index is -0.684. The van der Waals surface area contributed by atoms with E-state index < -0.39 is 17.5 Å². The molecular formula is C14H9F3N2. The van der Waals surface area contributed by atoms with Gasteiger partial charge in [-0.25, -0.2) is 13.2 Å². The van der Waals surface area contributed by atoms with Gasteiger partial charge in [-0.1, -0.05) is 6.07 Å². The van der Waals surface area contributed by atoms with E-state index in [1.807, 2.05) is 0 Å². The van der Waals surface area contributed by atoms with Gasteiger partial charge in [-0.3, -0.25) is 0 Å². The third-order valence-electron chi connectivity index (χ3n) is 2.53. The van der Waals surface area contributed by atoms with Gasteiger partial charge in [0.15, 0.2) is 0 Å². The van der Waals surface area contributed by atoms with Gasteiger partial charge in [-0.2, -0.15) is 5.26 Å². The smallest absolute Gasteiger partial charge is 0.143 e. The fourth-order valence-corrected chi connectivity index (χ4v) is 1.70. The van der Waals surface area contributed by atoms with Crippen molar-refractivity contribution in [1.29, 1.82) is 5.26 Å². The first-order valence-corrected chi connectivity index (χ1v) is 5.47. The summed E-state index contributed by atoms with van der Waals surface area (Å²) < 4.78 is 39.3. The van der Waals surface area contributed by atoms with Crippen LogP contribution < -0.4 is 5.32 Å². The summed E-state index contributed by atoms with van der Waals surface area (Å²) in [6, 6.07) is 8.99. The lowest BCUT2D eigenvalue weighted by molar-refractivity contribution is 0.580. The zero-order valence-corrected chi connectivity index (χ0v) is 9.75. The van der Waals surface area contributed by atoms with Crippen LogP contribution in [0.2, 0.25) is 0 Å². The molecule has 0 saturated carbocycles. The fraction of sp³-hybridized carbons (Fsp3) is 0.0714. The number of nitrogens with one attached hydrogen (secondary N) is 1. The van der Waals surface area contributed by atoms with Gasteiger partial charge in [0.1, 0.15) is 29.1 Å². The summed E-state index contributed by atoms with van der Waals surface area (Å²) in [5.41, 5.74) is 0.525. The molecule has 0 aromatic heterocycles. The van der Waals surface area contributed by atoms with Crippen molar-refractivity contribution >= 4 is 5.69 Å². The van der Waals surface area contributed by atoms with Gasteiger partial charge < -0.3 is 5.32 Å². The monoisotopic (exact) mass is 262 g/mol. The molecule has 0 atom stereocenters. The van der Waals surface area contributed by atoms with Crippen molar-refractivity contribution in [2.45, 2.75) is 6.54 Å². The Labute approximate surface area is 108 Å². The molecule has 2 nitrogen and oxygen atoms in total. The second kappa shape index (κ2) is 5.44. The Kier molecular flexibility index (Phi) is 3.71. The highest BCUT2D eigenvalue weighted by molar-refractivity contribution is 5.58. The lowest BCUT2D eigenvalue weighted by Crippen LogP contribution is -2.03. The summed E-state index contributed by atoms with van der Waals surface area (Å²) in [4.78, 5) is 0. The van der Waals surface area contributed by atoms with Crippen LogP contribution in [0.25, 0.3) is 0 Å². The van der Waals surface area contributed by atoms with E-state index in [1.165, 1.54) is 30.3 Å². The molecule has 0 radical (unpaired) electrons. The fourth-order valence-electron chi connectivity index (χ4n) is 1.70. The molecule has 0 fully saturated rings. The third-order valence-corrected chi connectivity index (χ3v) is 2.53. The highest BCUT2D eigenvalue weighted by atomic mass is 19.1. The molecule has 2 aromatic rings. The van der Waals surface area contributed by atoms with Gasteiger partial charge in [0.25, 0.3) is 0 Å². The predicted molar refractivity (Wildman–Crippen MR) is 64.8 cm³/mol. The topological polar surface area (TPSA) is 35.8 Å². The molecule has 0 aliphatic rings. The van der Waals surface area contributed by atoms with Crippen LogP contribution in [0.3, 0.4) is 0 Å². The van der Waals surface area contributed by atoms with E-state index in [1.54, 1.807) is 6.07 Å². The van der Waals surface area contributed by atoms with E-state index in [9.17, 15) is 13.2 Å². The van der Waals surface area contributed by atoms with E-state index >= 15 is 0 Å². The summed E-state index contributed by atoms with van der Waals surface area (Å²) >= 11 is 0. The van der Waals surface area contributed by atoms with E-state index in [0.717, 1.165) is 6.07 Å². The second-order valence-corrected chi connectivity index (χ2v) is 3.91. The molecule has 2 rings (SSSR count). The van der Waals surface area contributed by atoms with Crippen LogP contribution in [0.5, 0.6) is 0 Å². The summed E-state index contributed by atoms with van der Waals surface area (Å²) in [7, 11) is 0. The first-order valence-electron chi connectivity index (χ1n) is 5.47. The average molecular weight is 262 g/mol. The van der Waals surface area contributed by atoms with E-state index in [-0.39, 0.29) is 17.8 Å². The predicted octanol–water partition coefficient (Wildman–Crippen LogP) is 3.59. The maximum absolute atomic E-state index is 13.3. The van der Waals surface area contributed by atoms with Crippen LogP contribution in [-0.4, -0.2) is 0 Å². The quantitative estimate of drug-likeness (QED) is 0.917. The van der Waals surface area contributed by atoms with Gasteiger partial charge in [0.05, 0.1) is 5.69 Å².